The first kappa shape index (κ1) is 10.2. The van der Waals surface area contributed by atoms with Crippen LogP contribution in [-0.2, 0) is 5.41 Å². The summed E-state index contributed by atoms with van der Waals surface area (Å²) in [5.41, 5.74) is 7.37. The Morgan fingerprint density at radius 1 is 1.43 bits per heavy atom. The van der Waals surface area contributed by atoms with Gasteiger partial charge in [0.15, 0.2) is 0 Å². The van der Waals surface area contributed by atoms with Gasteiger partial charge in [-0.2, -0.15) is 5.10 Å². The van der Waals surface area contributed by atoms with Gasteiger partial charge in [0.2, 0.25) is 0 Å². The summed E-state index contributed by atoms with van der Waals surface area (Å²) in [6.07, 6.45) is 8.23. The standard InChI is InChI=1S/C10H16BrN3/c11-9-8(6-13-14-9)10(7-12)4-2-1-3-5-10/h6H,1-5,7,12H2,(H,13,14). The first-order chi connectivity index (χ1) is 6.78. The van der Waals surface area contributed by atoms with Crippen LogP contribution in [0.5, 0.6) is 0 Å². The van der Waals surface area contributed by atoms with E-state index in [-0.39, 0.29) is 5.41 Å². The predicted octanol–water partition coefficient (Wildman–Crippen LogP) is 2.33. The predicted molar refractivity (Wildman–Crippen MR) is 60.1 cm³/mol. The molecule has 1 fully saturated rings. The smallest absolute Gasteiger partial charge is 0.104 e. The van der Waals surface area contributed by atoms with Gasteiger partial charge in [0, 0.05) is 17.5 Å². The van der Waals surface area contributed by atoms with Crippen molar-refractivity contribution in [1.29, 1.82) is 0 Å². The molecule has 1 aromatic rings. The number of hydrogen-bond donors (Lipinski definition) is 2. The van der Waals surface area contributed by atoms with Gasteiger partial charge in [-0.15, -0.1) is 0 Å². The molecule has 0 amide bonds. The van der Waals surface area contributed by atoms with Crippen molar-refractivity contribution in [3.8, 4) is 0 Å². The van der Waals surface area contributed by atoms with E-state index in [4.69, 9.17) is 5.73 Å². The van der Waals surface area contributed by atoms with Crippen LogP contribution in [0, 0.1) is 0 Å². The Labute approximate surface area is 92.6 Å². The van der Waals surface area contributed by atoms with Crippen LogP contribution in [0.2, 0.25) is 0 Å². The Morgan fingerprint density at radius 3 is 2.64 bits per heavy atom. The van der Waals surface area contributed by atoms with Crippen molar-refractivity contribution in [1.82, 2.24) is 10.2 Å². The molecule has 1 aromatic heterocycles. The number of nitrogens with one attached hydrogen (secondary N) is 1. The van der Waals surface area contributed by atoms with Gasteiger partial charge in [-0.1, -0.05) is 19.3 Å². The third kappa shape index (κ3) is 1.61. The lowest BCUT2D eigenvalue weighted by molar-refractivity contribution is 0.300. The number of halogens is 1. The molecular weight excluding hydrogens is 242 g/mol. The fourth-order valence-electron chi connectivity index (χ4n) is 2.45. The van der Waals surface area contributed by atoms with Crippen molar-refractivity contribution in [3.05, 3.63) is 16.4 Å². The first-order valence-corrected chi connectivity index (χ1v) is 5.97. The van der Waals surface area contributed by atoms with Crippen LogP contribution in [-0.4, -0.2) is 16.7 Å². The quantitative estimate of drug-likeness (QED) is 0.855. The average Bonchev–Trinajstić information content (AvgIpc) is 2.66. The van der Waals surface area contributed by atoms with Crippen LogP contribution in [0.3, 0.4) is 0 Å². The molecule has 3 N–H and O–H groups in total. The minimum absolute atomic E-state index is 0.171. The number of aromatic nitrogens is 2. The molecule has 2 rings (SSSR count). The largest absolute Gasteiger partial charge is 0.330 e. The molecule has 0 radical (unpaired) electrons. The van der Waals surface area contributed by atoms with E-state index < -0.39 is 0 Å². The lowest BCUT2D eigenvalue weighted by Gasteiger charge is -2.35. The van der Waals surface area contributed by atoms with Crippen LogP contribution in [0.4, 0.5) is 0 Å². The Morgan fingerprint density at radius 2 is 2.14 bits per heavy atom. The summed E-state index contributed by atoms with van der Waals surface area (Å²) in [5, 5.41) is 7.00. The van der Waals surface area contributed by atoms with Crippen molar-refractivity contribution >= 4 is 15.9 Å². The fraction of sp³-hybridized carbons (Fsp3) is 0.700. The van der Waals surface area contributed by atoms with Gasteiger partial charge in [0.1, 0.15) is 4.60 Å². The number of H-pyrrole nitrogens is 1. The van der Waals surface area contributed by atoms with Crippen molar-refractivity contribution < 1.29 is 0 Å². The van der Waals surface area contributed by atoms with Crippen LogP contribution in [0.1, 0.15) is 37.7 Å². The van der Waals surface area contributed by atoms with Gasteiger partial charge in [-0.3, -0.25) is 5.10 Å². The summed E-state index contributed by atoms with van der Waals surface area (Å²) in [4.78, 5) is 0. The Kier molecular flexibility index (Phi) is 2.93. The lowest BCUT2D eigenvalue weighted by atomic mass is 9.70. The summed E-state index contributed by atoms with van der Waals surface area (Å²) in [7, 11) is 0. The second kappa shape index (κ2) is 4.03. The maximum absolute atomic E-state index is 5.94. The minimum atomic E-state index is 0.171. The minimum Gasteiger partial charge on any atom is -0.330 e. The number of rotatable bonds is 2. The Bertz CT molecular complexity index is 302. The van der Waals surface area contributed by atoms with E-state index in [0.29, 0.717) is 0 Å². The lowest BCUT2D eigenvalue weighted by Crippen LogP contribution is -2.37. The summed E-state index contributed by atoms with van der Waals surface area (Å²) < 4.78 is 1.00. The van der Waals surface area contributed by atoms with Crippen LogP contribution < -0.4 is 5.73 Å². The van der Waals surface area contributed by atoms with E-state index in [1.54, 1.807) is 0 Å². The van der Waals surface area contributed by atoms with E-state index in [1.807, 2.05) is 6.20 Å². The van der Waals surface area contributed by atoms with Gasteiger partial charge >= 0.3 is 0 Å². The van der Waals surface area contributed by atoms with E-state index in [9.17, 15) is 0 Å². The van der Waals surface area contributed by atoms with Crippen molar-refractivity contribution in [2.75, 3.05) is 6.54 Å². The van der Waals surface area contributed by atoms with Crippen LogP contribution >= 0.6 is 15.9 Å². The highest BCUT2D eigenvalue weighted by Gasteiger charge is 2.34. The second-order valence-corrected chi connectivity index (χ2v) is 4.94. The molecule has 0 bridgehead atoms. The molecule has 1 saturated carbocycles. The number of nitrogens with two attached hydrogens (primary N) is 1. The topological polar surface area (TPSA) is 54.7 Å². The molecule has 0 aromatic carbocycles. The van der Waals surface area contributed by atoms with Crippen molar-refractivity contribution in [2.24, 2.45) is 5.73 Å². The first-order valence-electron chi connectivity index (χ1n) is 5.18. The molecule has 3 nitrogen and oxygen atoms in total. The third-order valence-electron chi connectivity index (χ3n) is 3.37. The summed E-state index contributed by atoms with van der Waals surface area (Å²) >= 11 is 3.50. The van der Waals surface area contributed by atoms with E-state index in [0.717, 1.165) is 11.1 Å². The maximum Gasteiger partial charge on any atom is 0.104 e. The molecule has 4 heteroatoms. The monoisotopic (exact) mass is 257 g/mol. The molecule has 1 aliphatic carbocycles. The SMILES string of the molecule is NCC1(c2cn[nH]c2Br)CCCCC1. The summed E-state index contributed by atoms with van der Waals surface area (Å²) in [6, 6.07) is 0. The Hall–Kier alpha value is -0.350. The van der Waals surface area contributed by atoms with Crippen LogP contribution in [0.25, 0.3) is 0 Å². The van der Waals surface area contributed by atoms with E-state index in [1.165, 1.54) is 37.7 Å². The zero-order valence-corrected chi connectivity index (χ0v) is 9.81. The molecule has 0 atom stereocenters. The molecule has 1 aliphatic rings. The molecule has 14 heavy (non-hydrogen) atoms. The molecule has 1 heterocycles. The van der Waals surface area contributed by atoms with E-state index >= 15 is 0 Å². The highest BCUT2D eigenvalue weighted by molar-refractivity contribution is 9.10. The van der Waals surface area contributed by atoms with Gasteiger partial charge in [-0.25, -0.2) is 0 Å². The summed E-state index contributed by atoms with van der Waals surface area (Å²) in [5.74, 6) is 0. The number of hydrogen-bond acceptors (Lipinski definition) is 2. The number of aromatic amines is 1. The molecular formula is C10H16BrN3. The third-order valence-corrected chi connectivity index (χ3v) is 3.97. The molecule has 78 valence electrons. The van der Waals surface area contributed by atoms with Crippen molar-refractivity contribution in [2.45, 2.75) is 37.5 Å². The normalized spacial score (nSPS) is 21.0. The highest BCUT2D eigenvalue weighted by Crippen LogP contribution is 2.40. The van der Waals surface area contributed by atoms with Crippen molar-refractivity contribution in [3.63, 3.8) is 0 Å². The molecule has 0 saturated heterocycles. The summed E-state index contributed by atoms with van der Waals surface area (Å²) in [6.45, 7) is 0.727. The second-order valence-electron chi connectivity index (χ2n) is 4.14. The van der Waals surface area contributed by atoms with Gasteiger partial charge in [0.25, 0.3) is 0 Å². The molecule has 0 unspecified atom stereocenters. The van der Waals surface area contributed by atoms with Gasteiger partial charge in [-0.05, 0) is 28.8 Å². The average molecular weight is 258 g/mol. The van der Waals surface area contributed by atoms with Crippen LogP contribution in [0.15, 0.2) is 10.8 Å². The van der Waals surface area contributed by atoms with Gasteiger partial charge in [0.05, 0.1) is 6.20 Å². The van der Waals surface area contributed by atoms with Gasteiger partial charge < -0.3 is 5.73 Å². The zero-order valence-electron chi connectivity index (χ0n) is 8.22. The zero-order chi connectivity index (χ0) is 10.0. The molecule has 0 aliphatic heterocycles. The number of nitrogens with zero attached hydrogens (tertiary/aromatic N) is 1. The molecule has 0 spiro atoms. The Balaban J connectivity index is 2.31. The van der Waals surface area contributed by atoms with E-state index in [2.05, 4.69) is 26.1 Å². The maximum atomic E-state index is 5.94. The fourth-order valence-corrected chi connectivity index (χ4v) is 3.08. The highest BCUT2D eigenvalue weighted by atomic mass is 79.9.